The van der Waals surface area contributed by atoms with E-state index in [9.17, 15) is 4.79 Å². The fraction of sp³-hybridized carbons (Fsp3) is 0.150. The predicted molar refractivity (Wildman–Crippen MR) is 90.2 cm³/mol. The van der Waals surface area contributed by atoms with Crippen LogP contribution in [0.4, 0.5) is 0 Å². The van der Waals surface area contributed by atoms with Gasteiger partial charge in [-0.05, 0) is 16.7 Å². The number of hydrogen-bond donors (Lipinski definition) is 1. The highest BCUT2D eigenvalue weighted by Crippen LogP contribution is 2.41. The summed E-state index contributed by atoms with van der Waals surface area (Å²) in [7, 11) is 0. The highest BCUT2D eigenvalue weighted by atomic mass is 16.1. The highest BCUT2D eigenvalue weighted by molar-refractivity contribution is 5.83. The van der Waals surface area contributed by atoms with Gasteiger partial charge >= 0.3 is 0 Å². The molecule has 110 valence electrons. The first-order valence-corrected chi connectivity index (χ1v) is 7.43. The van der Waals surface area contributed by atoms with E-state index in [1.807, 2.05) is 48.6 Å². The lowest BCUT2D eigenvalue weighted by Gasteiger charge is -2.35. The molecule has 2 aromatic rings. The number of rotatable bonds is 3. The molecule has 0 bridgehead atoms. The van der Waals surface area contributed by atoms with Crippen LogP contribution in [0.2, 0.25) is 0 Å². The van der Waals surface area contributed by atoms with Gasteiger partial charge < -0.3 is 5.73 Å². The number of carbonyl (C=O) groups is 1. The smallest absolute Gasteiger partial charge is 0.225 e. The van der Waals surface area contributed by atoms with Gasteiger partial charge in [-0.2, -0.15) is 0 Å². The molecule has 0 spiro atoms. The highest BCUT2D eigenvalue weighted by Gasteiger charge is 2.38. The lowest BCUT2D eigenvalue weighted by atomic mass is 9.67. The van der Waals surface area contributed by atoms with Crippen molar-refractivity contribution in [2.75, 3.05) is 0 Å². The molecule has 1 amide bonds. The Morgan fingerprint density at radius 3 is 2.41 bits per heavy atom. The Labute approximate surface area is 131 Å². The van der Waals surface area contributed by atoms with Crippen molar-refractivity contribution in [3.05, 3.63) is 84.5 Å². The molecular weight excluding hydrogens is 270 g/mol. The van der Waals surface area contributed by atoms with Gasteiger partial charge in [-0.1, -0.05) is 85.8 Å². The van der Waals surface area contributed by atoms with Crippen molar-refractivity contribution in [1.82, 2.24) is 0 Å². The Kier molecular flexibility index (Phi) is 3.68. The molecule has 0 saturated heterocycles. The molecule has 2 N–H and O–H groups in total. The van der Waals surface area contributed by atoms with Gasteiger partial charge in [0.1, 0.15) is 0 Å². The van der Waals surface area contributed by atoms with Crippen LogP contribution in [0.15, 0.2) is 78.9 Å². The standard InChI is InChI=1S/C20H19NO/c1-20(14-8-7-13-18(20)19(21)22)17-12-6-5-11-16(17)15-9-3-2-4-10-15/h2-14,18H,1H3,(H2,21,22). The van der Waals surface area contributed by atoms with Gasteiger partial charge in [-0.25, -0.2) is 0 Å². The average Bonchev–Trinajstić information content (AvgIpc) is 2.56. The van der Waals surface area contributed by atoms with E-state index in [2.05, 4.69) is 37.3 Å². The molecule has 1 aliphatic rings. The van der Waals surface area contributed by atoms with Crippen molar-refractivity contribution >= 4 is 5.91 Å². The lowest BCUT2D eigenvalue weighted by Crippen LogP contribution is -2.39. The van der Waals surface area contributed by atoms with Gasteiger partial charge in [0.05, 0.1) is 5.92 Å². The molecule has 0 radical (unpaired) electrons. The normalized spacial score (nSPS) is 23.4. The number of primary amides is 1. The minimum absolute atomic E-state index is 0.300. The van der Waals surface area contributed by atoms with Gasteiger partial charge in [0.2, 0.25) is 5.91 Å². The van der Waals surface area contributed by atoms with E-state index in [0.29, 0.717) is 0 Å². The molecule has 22 heavy (non-hydrogen) atoms. The van der Waals surface area contributed by atoms with E-state index in [1.54, 1.807) is 0 Å². The van der Waals surface area contributed by atoms with E-state index in [1.165, 1.54) is 0 Å². The van der Waals surface area contributed by atoms with Gasteiger partial charge in [0.25, 0.3) is 0 Å². The number of carbonyl (C=O) groups excluding carboxylic acids is 1. The minimum atomic E-state index is -0.437. The topological polar surface area (TPSA) is 43.1 Å². The van der Waals surface area contributed by atoms with Gasteiger partial charge in [-0.15, -0.1) is 0 Å². The molecule has 2 atom stereocenters. The molecule has 0 aliphatic heterocycles. The Morgan fingerprint density at radius 2 is 1.68 bits per heavy atom. The molecule has 0 saturated carbocycles. The summed E-state index contributed by atoms with van der Waals surface area (Å²) < 4.78 is 0. The Hall–Kier alpha value is -2.61. The van der Waals surface area contributed by atoms with Crippen LogP contribution in [-0.4, -0.2) is 5.91 Å². The van der Waals surface area contributed by atoms with Crippen LogP contribution < -0.4 is 5.73 Å². The van der Waals surface area contributed by atoms with E-state index < -0.39 is 5.41 Å². The fourth-order valence-electron chi connectivity index (χ4n) is 3.20. The molecule has 0 aromatic heterocycles. The lowest BCUT2D eigenvalue weighted by molar-refractivity contribution is -0.121. The summed E-state index contributed by atoms with van der Waals surface area (Å²) in [6.07, 6.45) is 7.85. The molecule has 2 nitrogen and oxygen atoms in total. The second kappa shape index (κ2) is 5.64. The van der Waals surface area contributed by atoms with E-state index >= 15 is 0 Å². The van der Waals surface area contributed by atoms with Crippen LogP contribution in [0, 0.1) is 5.92 Å². The van der Waals surface area contributed by atoms with E-state index in [0.717, 1.165) is 16.7 Å². The monoisotopic (exact) mass is 289 g/mol. The van der Waals surface area contributed by atoms with Gasteiger partial charge in [0, 0.05) is 5.41 Å². The van der Waals surface area contributed by atoms with Crippen LogP contribution in [-0.2, 0) is 10.2 Å². The third-order valence-corrected chi connectivity index (χ3v) is 4.40. The number of hydrogen-bond acceptors (Lipinski definition) is 1. The van der Waals surface area contributed by atoms with Crippen LogP contribution in [0.5, 0.6) is 0 Å². The van der Waals surface area contributed by atoms with Crippen LogP contribution in [0.3, 0.4) is 0 Å². The quantitative estimate of drug-likeness (QED) is 0.916. The fourth-order valence-corrected chi connectivity index (χ4v) is 3.20. The van der Waals surface area contributed by atoms with Crippen LogP contribution >= 0.6 is 0 Å². The molecule has 2 unspecified atom stereocenters. The summed E-state index contributed by atoms with van der Waals surface area (Å²) in [4.78, 5) is 11.9. The van der Waals surface area contributed by atoms with E-state index in [4.69, 9.17) is 5.73 Å². The summed E-state index contributed by atoms with van der Waals surface area (Å²) in [6.45, 7) is 2.07. The second-order valence-electron chi connectivity index (χ2n) is 5.82. The minimum Gasteiger partial charge on any atom is -0.369 e. The maximum Gasteiger partial charge on any atom is 0.225 e. The second-order valence-corrected chi connectivity index (χ2v) is 5.82. The zero-order chi connectivity index (χ0) is 15.6. The Bertz CT molecular complexity index is 745. The number of benzene rings is 2. The summed E-state index contributed by atoms with van der Waals surface area (Å²) in [5, 5.41) is 0. The number of nitrogens with two attached hydrogens (primary N) is 1. The van der Waals surface area contributed by atoms with Crippen molar-refractivity contribution in [1.29, 1.82) is 0 Å². The van der Waals surface area contributed by atoms with Crippen molar-refractivity contribution in [3.63, 3.8) is 0 Å². The molecule has 2 heteroatoms. The predicted octanol–water partition coefficient (Wildman–Crippen LogP) is 3.84. The van der Waals surface area contributed by atoms with Crippen LogP contribution in [0.25, 0.3) is 11.1 Å². The summed E-state index contributed by atoms with van der Waals surface area (Å²) in [5.74, 6) is -0.645. The van der Waals surface area contributed by atoms with Gasteiger partial charge in [-0.3, -0.25) is 4.79 Å². The first-order chi connectivity index (χ1) is 10.6. The maximum absolute atomic E-state index is 11.9. The third-order valence-electron chi connectivity index (χ3n) is 4.40. The average molecular weight is 289 g/mol. The molecule has 3 rings (SSSR count). The van der Waals surface area contributed by atoms with E-state index in [-0.39, 0.29) is 11.8 Å². The Morgan fingerprint density at radius 1 is 1.00 bits per heavy atom. The molecular formula is C20H19NO. The molecule has 0 heterocycles. The first kappa shape index (κ1) is 14.3. The summed E-state index contributed by atoms with van der Waals surface area (Å²) in [5.41, 5.74) is 8.60. The summed E-state index contributed by atoms with van der Waals surface area (Å²) >= 11 is 0. The SMILES string of the molecule is CC1(c2ccccc2-c2ccccc2)C=CC=CC1C(N)=O. The number of allylic oxidation sites excluding steroid dienone is 3. The third kappa shape index (κ3) is 2.37. The zero-order valence-corrected chi connectivity index (χ0v) is 12.6. The Balaban J connectivity index is 2.18. The maximum atomic E-state index is 11.9. The largest absolute Gasteiger partial charge is 0.369 e. The first-order valence-electron chi connectivity index (χ1n) is 7.43. The molecule has 1 aliphatic carbocycles. The van der Waals surface area contributed by atoms with Crippen molar-refractivity contribution in [2.24, 2.45) is 11.7 Å². The molecule has 2 aromatic carbocycles. The van der Waals surface area contributed by atoms with Crippen LogP contribution in [0.1, 0.15) is 12.5 Å². The van der Waals surface area contributed by atoms with Crippen molar-refractivity contribution in [3.8, 4) is 11.1 Å². The molecule has 0 fully saturated rings. The van der Waals surface area contributed by atoms with Gasteiger partial charge in [0.15, 0.2) is 0 Å². The number of amides is 1. The van der Waals surface area contributed by atoms with Crippen molar-refractivity contribution in [2.45, 2.75) is 12.3 Å². The summed E-state index contributed by atoms with van der Waals surface area (Å²) in [6, 6.07) is 18.4. The zero-order valence-electron chi connectivity index (χ0n) is 12.6. The van der Waals surface area contributed by atoms with Crippen molar-refractivity contribution < 1.29 is 4.79 Å².